The quantitative estimate of drug-likeness (QED) is 0.881. The third kappa shape index (κ3) is 3.04. The highest BCUT2D eigenvalue weighted by Gasteiger charge is 2.40. The molecule has 1 aromatic carbocycles. The van der Waals surface area contributed by atoms with Crippen LogP contribution in [-0.4, -0.2) is 41.1 Å². The van der Waals surface area contributed by atoms with Crippen LogP contribution in [0.5, 0.6) is 5.75 Å². The first-order valence-corrected chi connectivity index (χ1v) is 9.48. The molecule has 6 heteroatoms. The molecule has 132 valence electrons. The van der Waals surface area contributed by atoms with Crippen molar-refractivity contribution in [3.05, 3.63) is 41.0 Å². The van der Waals surface area contributed by atoms with Gasteiger partial charge in [0.05, 0.1) is 4.88 Å². The molecule has 2 N–H and O–H groups in total. The molecular weight excluding hydrogens is 339 g/mol. The molecule has 0 aliphatic carbocycles. The number of piperidine rings is 3. The van der Waals surface area contributed by atoms with E-state index in [-0.39, 0.29) is 17.7 Å². The summed E-state index contributed by atoms with van der Waals surface area (Å²) < 4.78 is 13.5. The molecule has 3 aliphatic heterocycles. The number of rotatable bonds is 3. The number of carbonyl (C=O) groups is 1. The molecule has 3 saturated heterocycles. The number of nitrogens with zero attached hydrogens (tertiary/aromatic N) is 1. The van der Waals surface area contributed by atoms with Crippen molar-refractivity contribution in [1.29, 1.82) is 0 Å². The van der Waals surface area contributed by atoms with Gasteiger partial charge in [0.15, 0.2) is 11.6 Å². The minimum Gasteiger partial charge on any atom is -0.505 e. The fourth-order valence-corrected chi connectivity index (χ4v) is 4.95. The summed E-state index contributed by atoms with van der Waals surface area (Å²) in [5.74, 6) is -0.511. The number of carbonyl (C=O) groups excluding carboxylic acids is 1. The maximum absolute atomic E-state index is 13.5. The monoisotopic (exact) mass is 360 g/mol. The van der Waals surface area contributed by atoms with Crippen molar-refractivity contribution in [2.75, 3.05) is 13.1 Å². The molecule has 2 aromatic rings. The summed E-state index contributed by atoms with van der Waals surface area (Å²) in [5, 5.41) is 12.5. The number of hydrogen-bond acceptors (Lipinski definition) is 4. The maximum atomic E-state index is 13.5. The average molecular weight is 360 g/mol. The van der Waals surface area contributed by atoms with Crippen LogP contribution in [0.4, 0.5) is 4.39 Å². The summed E-state index contributed by atoms with van der Waals surface area (Å²) in [5.41, 5.74) is 0.663. The van der Waals surface area contributed by atoms with Crippen molar-refractivity contribution in [2.24, 2.45) is 5.92 Å². The van der Waals surface area contributed by atoms with Crippen LogP contribution in [0.25, 0.3) is 10.4 Å². The number of aromatic hydroxyl groups is 1. The molecule has 3 fully saturated rings. The zero-order valence-electron chi connectivity index (χ0n) is 14.0. The van der Waals surface area contributed by atoms with E-state index in [0.29, 0.717) is 22.4 Å². The van der Waals surface area contributed by atoms with E-state index in [0.717, 1.165) is 30.8 Å². The van der Waals surface area contributed by atoms with Crippen molar-refractivity contribution in [2.45, 2.75) is 31.8 Å². The molecule has 2 atom stereocenters. The predicted octanol–water partition coefficient (Wildman–Crippen LogP) is 3.47. The van der Waals surface area contributed by atoms with Gasteiger partial charge in [0.1, 0.15) is 0 Å². The highest BCUT2D eigenvalue weighted by molar-refractivity contribution is 7.17. The minimum absolute atomic E-state index is 0.0545. The zero-order valence-corrected chi connectivity index (χ0v) is 14.9. The minimum atomic E-state index is -0.655. The summed E-state index contributed by atoms with van der Waals surface area (Å²) in [6.07, 6.45) is 2.30. The van der Waals surface area contributed by atoms with Gasteiger partial charge in [0.25, 0.3) is 5.91 Å². The number of thiophene rings is 1. The summed E-state index contributed by atoms with van der Waals surface area (Å²) in [7, 11) is 0. The zero-order chi connectivity index (χ0) is 17.6. The molecule has 1 amide bonds. The molecule has 2 bridgehead atoms. The van der Waals surface area contributed by atoms with Gasteiger partial charge in [-0.05, 0) is 74.7 Å². The third-order valence-electron chi connectivity index (χ3n) is 5.54. The van der Waals surface area contributed by atoms with E-state index in [1.165, 1.54) is 23.5 Å². The van der Waals surface area contributed by atoms with E-state index >= 15 is 0 Å². The molecule has 0 saturated carbocycles. The van der Waals surface area contributed by atoms with Crippen LogP contribution in [0.3, 0.4) is 0 Å². The Morgan fingerprint density at radius 2 is 2.04 bits per heavy atom. The SMILES string of the molecule is CC1C(NC(=O)c2ccc(-c3ccc(O)c(F)c3)s2)C2CCN1CC2. The number of phenols is 1. The molecule has 2 unspecified atom stereocenters. The topological polar surface area (TPSA) is 52.6 Å². The number of fused-ring (bicyclic) bond motifs is 3. The van der Waals surface area contributed by atoms with E-state index in [2.05, 4.69) is 17.1 Å². The molecule has 5 rings (SSSR count). The normalized spacial score (nSPS) is 28.1. The second-order valence-electron chi connectivity index (χ2n) is 6.94. The van der Waals surface area contributed by atoms with E-state index in [9.17, 15) is 14.3 Å². The largest absolute Gasteiger partial charge is 0.505 e. The third-order valence-corrected chi connectivity index (χ3v) is 6.67. The number of amides is 1. The van der Waals surface area contributed by atoms with Crippen molar-refractivity contribution >= 4 is 17.2 Å². The summed E-state index contributed by atoms with van der Waals surface area (Å²) in [6.45, 7) is 4.46. The predicted molar refractivity (Wildman–Crippen MR) is 96.4 cm³/mol. The van der Waals surface area contributed by atoms with Gasteiger partial charge in [0, 0.05) is 17.0 Å². The lowest BCUT2D eigenvalue weighted by Gasteiger charge is -2.49. The average Bonchev–Trinajstić information content (AvgIpc) is 3.11. The Morgan fingerprint density at radius 1 is 1.28 bits per heavy atom. The van der Waals surface area contributed by atoms with Gasteiger partial charge in [-0.25, -0.2) is 4.39 Å². The summed E-state index contributed by atoms with van der Waals surface area (Å²) in [6, 6.07) is 8.46. The molecule has 0 radical (unpaired) electrons. The first kappa shape index (κ1) is 16.5. The van der Waals surface area contributed by atoms with Crippen molar-refractivity contribution in [1.82, 2.24) is 10.2 Å². The van der Waals surface area contributed by atoms with Gasteiger partial charge in [-0.2, -0.15) is 0 Å². The first-order valence-electron chi connectivity index (χ1n) is 8.66. The van der Waals surface area contributed by atoms with E-state index in [1.807, 2.05) is 6.07 Å². The second-order valence-corrected chi connectivity index (χ2v) is 8.03. The number of nitrogens with one attached hydrogen (secondary N) is 1. The van der Waals surface area contributed by atoms with Gasteiger partial charge >= 0.3 is 0 Å². The van der Waals surface area contributed by atoms with Crippen LogP contribution in [0.1, 0.15) is 29.4 Å². The molecule has 25 heavy (non-hydrogen) atoms. The van der Waals surface area contributed by atoms with Crippen molar-refractivity contribution < 1.29 is 14.3 Å². The highest BCUT2D eigenvalue weighted by atomic mass is 32.1. The molecular formula is C19H21FN2O2S. The van der Waals surface area contributed by atoms with Crippen LogP contribution in [0.2, 0.25) is 0 Å². The smallest absolute Gasteiger partial charge is 0.261 e. The highest BCUT2D eigenvalue weighted by Crippen LogP contribution is 2.34. The van der Waals surface area contributed by atoms with Gasteiger partial charge in [-0.3, -0.25) is 9.69 Å². The molecule has 1 aromatic heterocycles. The Kier molecular flexibility index (Phi) is 4.25. The first-order chi connectivity index (χ1) is 12.0. The van der Waals surface area contributed by atoms with E-state index in [1.54, 1.807) is 12.1 Å². The Balaban J connectivity index is 1.50. The lowest BCUT2D eigenvalue weighted by atomic mass is 9.79. The van der Waals surface area contributed by atoms with Crippen molar-refractivity contribution in [3.63, 3.8) is 0 Å². The molecule has 4 heterocycles. The standard InChI is InChI=1S/C19H21FN2O2S/c1-11-18(12-6-8-22(11)9-7-12)21-19(24)17-5-4-16(25-17)13-2-3-15(23)14(20)10-13/h2-5,10-12,18,23H,6-9H2,1H3,(H,21,24). The molecule has 0 spiro atoms. The fourth-order valence-electron chi connectivity index (χ4n) is 4.04. The molecule has 4 nitrogen and oxygen atoms in total. The second kappa shape index (κ2) is 6.42. The van der Waals surface area contributed by atoms with Crippen LogP contribution < -0.4 is 5.32 Å². The van der Waals surface area contributed by atoms with E-state index in [4.69, 9.17) is 0 Å². The van der Waals surface area contributed by atoms with Crippen molar-refractivity contribution in [3.8, 4) is 16.2 Å². The lowest BCUT2D eigenvalue weighted by molar-refractivity contribution is 0.0218. The summed E-state index contributed by atoms with van der Waals surface area (Å²) >= 11 is 1.34. The van der Waals surface area contributed by atoms with Gasteiger partial charge in [-0.15, -0.1) is 11.3 Å². The van der Waals surface area contributed by atoms with Gasteiger partial charge in [0.2, 0.25) is 0 Å². The summed E-state index contributed by atoms with van der Waals surface area (Å²) in [4.78, 5) is 16.6. The lowest BCUT2D eigenvalue weighted by Crippen LogP contribution is -2.62. The van der Waals surface area contributed by atoms with Gasteiger partial charge < -0.3 is 10.4 Å². The van der Waals surface area contributed by atoms with Crippen LogP contribution in [0.15, 0.2) is 30.3 Å². The van der Waals surface area contributed by atoms with Crippen LogP contribution >= 0.6 is 11.3 Å². The number of benzene rings is 1. The number of phenolic OH excluding ortho intramolecular Hbond substituents is 1. The van der Waals surface area contributed by atoms with Crippen LogP contribution in [0, 0.1) is 11.7 Å². The van der Waals surface area contributed by atoms with Crippen LogP contribution in [-0.2, 0) is 0 Å². The van der Waals surface area contributed by atoms with Gasteiger partial charge in [-0.1, -0.05) is 0 Å². The Labute approximate surface area is 150 Å². The number of halogens is 1. The number of hydrogen-bond donors (Lipinski definition) is 2. The maximum Gasteiger partial charge on any atom is 0.261 e. The molecule has 3 aliphatic rings. The van der Waals surface area contributed by atoms with E-state index < -0.39 is 5.82 Å². The fraction of sp³-hybridized carbons (Fsp3) is 0.421. The Hall–Kier alpha value is -1.92. The Morgan fingerprint density at radius 3 is 2.72 bits per heavy atom. The Bertz CT molecular complexity index is 796.